The number of amides is 1. The number of fused-ring (bicyclic) bond motifs is 1. The van der Waals surface area contributed by atoms with Crippen LogP contribution in [-0.2, 0) is 20.2 Å². The summed E-state index contributed by atoms with van der Waals surface area (Å²) in [4.78, 5) is 30.1. The molecule has 2 aliphatic rings. The number of carbonyl (C=O) groups is 1. The van der Waals surface area contributed by atoms with E-state index < -0.39 is 21.2 Å². The Morgan fingerprint density at radius 3 is 2.65 bits per heavy atom. The van der Waals surface area contributed by atoms with Crippen LogP contribution in [0, 0.1) is 0 Å². The number of H-pyrrole nitrogens is 1. The lowest BCUT2D eigenvalue weighted by molar-refractivity contribution is -0.124. The quantitative estimate of drug-likeness (QED) is 0.451. The highest BCUT2D eigenvalue weighted by atomic mass is 32.2. The average molecular weight is 485 g/mol. The second kappa shape index (κ2) is 8.59. The van der Waals surface area contributed by atoms with Crippen LogP contribution in [0.25, 0.3) is 11.1 Å². The zero-order chi connectivity index (χ0) is 23.9. The van der Waals surface area contributed by atoms with E-state index in [1.165, 1.54) is 0 Å². The van der Waals surface area contributed by atoms with Gasteiger partial charge in [0.2, 0.25) is 15.9 Å². The number of anilines is 1. The Morgan fingerprint density at radius 1 is 1.18 bits per heavy atom. The Morgan fingerprint density at radius 2 is 1.94 bits per heavy atom. The molecule has 1 aromatic heterocycles. The van der Waals surface area contributed by atoms with Crippen LogP contribution in [-0.4, -0.2) is 50.1 Å². The van der Waals surface area contributed by atoms with E-state index >= 15 is 0 Å². The Balaban J connectivity index is 1.42. The number of hydrogen-bond acceptors (Lipinski definition) is 6. The van der Waals surface area contributed by atoms with Crippen molar-refractivity contribution in [3.63, 3.8) is 0 Å². The van der Waals surface area contributed by atoms with Crippen LogP contribution in [0.4, 0.5) is 5.69 Å². The summed E-state index contributed by atoms with van der Waals surface area (Å²) in [6.07, 6.45) is 4.81. The van der Waals surface area contributed by atoms with Crippen LogP contribution in [0.5, 0.6) is 0 Å². The summed E-state index contributed by atoms with van der Waals surface area (Å²) in [6.45, 7) is 2.60. The Labute approximate surface area is 197 Å². The third-order valence-electron chi connectivity index (χ3n) is 6.69. The minimum atomic E-state index is -3.41. The van der Waals surface area contributed by atoms with Crippen LogP contribution < -0.4 is 15.8 Å². The van der Waals surface area contributed by atoms with Gasteiger partial charge in [-0.05, 0) is 74.2 Å². The van der Waals surface area contributed by atoms with Gasteiger partial charge in [-0.1, -0.05) is 18.2 Å². The topological polar surface area (TPSA) is 125 Å². The van der Waals surface area contributed by atoms with Crippen molar-refractivity contribution in [2.45, 2.75) is 37.1 Å². The summed E-state index contributed by atoms with van der Waals surface area (Å²) >= 11 is 0. The van der Waals surface area contributed by atoms with Crippen LogP contribution in [0.3, 0.4) is 0 Å². The van der Waals surface area contributed by atoms with Crippen LogP contribution in [0.15, 0.2) is 51.7 Å². The molecule has 2 heterocycles. The van der Waals surface area contributed by atoms with E-state index in [4.69, 9.17) is 4.42 Å². The van der Waals surface area contributed by atoms with Gasteiger partial charge in [-0.3, -0.25) is 14.5 Å². The number of hydrogen-bond donors (Lipinski definition) is 3. The summed E-state index contributed by atoms with van der Waals surface area (Å²) in [7, 11) is -3.41. The van der Waals surface area contributed by atoms with Gasteiger partial charge in [0.1, 0.15) is 0 Å². The molecule has 1 atom stereocenters. The van der Waals surface area contributed by atoms with Gasteiger partial charge in [-0.15, -0.1) is 0 Å². The van der Waals surface area contributed by atoms with Gasteiger partial charge in [0.05, 0.1) is 23.2 Å². The van der Waals surface area contributed by atoms with E-state index in [1.807, 2.05) is 18.2 Å². The number of nitrogens with one attached hydrogen (secondary N) is 3. The number of nitrogens with zero attached hydrogens (tertiary/aromatic N) is 1. The van der Waals surface area contributed by atoms with E-state index in [0.717, 1.165) is 56.2 Å². The number of oxazole rings is 1. The predicted molar refractivity (Wildman–Crippen MR) is 129 cm³/mol. The molecule has 2 aromatic carbocycles. The Kier molecular flexibility index (Phi) is 5.73. The van der Waals surface area contributed by atoms with Gasteiger partial charge in [-0.2, -0.15) is 0 Å². The lowest BCUT2D eigenvalue weighted by atomic mass is 9.93. The minimum absolute atomic E-state index is 0.0663. The number of aromatic nitrogens is 1. The van der Waals surface area contributed by atoms with Gasteiger partial charge >= 0.3 is 5.76 Å². The first-order valence-corrected chi connectivity index (χ1v) is 13.4. The van der Waals surface area contributed by atoms with E-state index in [9.17, 15) is 18.0 Å². The average Bonchev–Trinajstić information content (AvgIpc) is 3.26. The van der Waals surface area contributed by atoms with Crippen LogP contribution in [0.2, 0.25) is 0 Å². The van der Waals surface area contributed by atoms with Crippen molar-refractivity contribution in [1.29, 1.82) is 0 Å². The summed E-state index contributed by atoms with van der Waals surface area (Å²) in [5.41, 5.74) is 2.56. The molecule has 1 aliphatic carbocycles. The van der Waals surface area contributed by atoms with Crippen molar-refractivity contribution in [3.05, 3.63) is 64.1 Å². The minimum Gasteiger partial charge on any atom is -0.408 e. The van der Waals surface area contributed by atoms with Gasteiger partial charge in [0.15, 0.2) is 5.58 Å². The number of aromatic amines is 1. The molecule has 1 unspecified atom stereocenters. The van der Waals surface area contributed by atoms with Gasteiger partial charge in [0.25, 0.3) is 0 Å². The number of sulfonamides is 1. The number of carbonyl (C=O) groups excluding carboxylic acids is 1. The SMILES string of the molecule is CS(=O)(=O)Nc1cccc(C(CN2CCCC2)NC(=O)C2(c3ccc4oc(=O)[nH]c4c3)CC2)c1. The zero-order valence-electron chi connectivity index (χ0n) is 19.0. The molecule has 1 amide bonds. The van der Waals surface area contributed by atoms with Gasteiger partial charge < -0.3 is 14.6 Å². The fourth-order valence-corrected chi connectivity index (χ4v) is 5.36. The molecule has 2 fully saturated rings. The van der Waals surface area contributed by atoms with E-state index in [1.54, 1.807) is 24.3 Å². The van der Waals surface area contributed by atoms with Gasteiger partial charge in [0, 0.05) is 12.2 Å². The Hall–Kier alpha value is -3.11. The molecular formula is C24H28N4O5S. The molecule has 9 nitrogen and oxygen atoms in total. The van der Waals surface area contributed by atoms with E-state index in [-0.39, 0.29) is 11.9 Å². The van der Waals surface area contributed by atoms with Crippen molar-refractivity contribution >= 4 is 32.7 Å². The molecule has 3 aromatic rings. The lowest BCUT2D eigenvalue weighted by Gasteiger charge is -2.27. The maximum Gasteiger partial charge on any atom is 0.417 e. The molecular weight excluding hydrogens is 456 g/mol. The fourth-order valence-electron chi connectivity index (χ4n) is 4.81. The standard InChI is InChI=1S/C24H28N4O5S/c1-34(31,32)27-18-6-4-5-16(13-18)20(15-28-11-2-3-12-28)25-22(29)24(9-10-24)17-7-8-21-19(14-17)26-23(30)33-21/h4-8,13-14,20,27H,2-3,9-12,15H2,1H3,(H,25,29)(H,26,30). The molecule has 0 radical (unpaired) electrons. The molecule has 10 heteroatoms. The molecule has 34 heavy (non-hydrogen) atoms. The zero-order valence-corrected chi connectivity index (χ0v) is 19.8. The summed E-state index contributed by atoms with van der Waals surface area (Å²) in [5, 5.41) is 3.25. The predicted octanol–water partition coefficient (Wildman–Crippen LogP) is 2.48. The maximum absolute atomic E-state index is 13.6. The second-order valence-electron chi connectivity index (χ2n) is 9.34. The maximum atomic E-state index is 13.6. The van der Waals surface area contributed by atoms with Crippen molar-refractivity contribution in [3.8, 4) is 0 Å². The smallest absolute Gasteiger partial charge is 0.408 e. The summed E-state index contributed by atoms with van der Waals surface area (Å²) in [6, 6.07) is 12.3. The molecule has 1 saturated heterocycles. The molecule has 1 saturated carbocycles. The molecule has 1 aliphatic heterocycles. The molecule has 3 N–H and O–H groups in total. The normalized spacial score (nSPS) is 18.6. The molecule has 5 rings (SSSR count). The molecule has 180 valence electrons. The third kappa shape index (κ3) is 4.74. The van der Waals surface area contributed by atoms with Crippen LogP contribution in [0.1, 0.15) is 42.9 Å². The molecule has 0 spiro atoms. The second-order valence-corrected chi connectivity index (χ2v) is 11.1. The van der Waals surface area contributed by atoms with Crippen LogP contribution >= 0.6 is 0 Å². The molecule has 0 bridgehead atoms. The highest BCUT2D eigenvalue weighted by molar-refractivity contribution is 7.92. The van der Waals surface area contributed by atoms with Crippen molar-refractivity contribution in [1.82, 2.24) is 15.2 Å². The van der Waals surface area contributed by atoms with Crippen molar-refractivity contribution in [2.75, 3.05) is 30.6 Å². The first kappa shape index (κ1) is 22.7. The lowest BCUT2D eigenvalue weighted by Crippen LogP contribution is -2.42. The largest absolute Gasteiger partial charge is 0.417 e. The third-order valence-corrected chi connectivity index (χ3v) is 7.30. The first-order chi connectivity index (χ1) is 16.2. The van der Waals surface area contributed by atoms with E-state index in [0.29, 0.717) is 23.3 Å². The van der Waals surface area contributed by atoms with Crippen molar-refractivity contribution in [2.24, 2.45) is 0 Å². The van der Waals surface area contributed by atoms with E-state index in [2.05, 4.69) is 19.9 Å². The number of likely N-dealkylation sites (tertiary alicyclic amines) is 1. The fraction of sp³-hybridized carbons (Fsp3) is 0.417. The number of benzene rings is 2. The van der Waals surface area contributed by atoms with Crippen molar-refractivity contribution < 1.29 is 17.6 Å². The monoisotopic (exact) mass is 484 g/mol. The van der Waals surface area contributed by atoms with Gasteiger partial charge in [-0.25, -0.2) is 13.2 Å². The highest BCUT2D eigenvalue weighted by Gasteiger charge is 2.52. The number of rotatable bonds is 8. The Bertz CT molecular complexity index is 1380. The first-order valence-electron chi connectivity index (χ1n) is 11.5. The summed E-state index contributed by atoms with van der Waals surface area (Å²) in [5.74, 6) is -0.585. The summed E-state index contributed by atoms with van der Waals surface area (Å²) < 4.78 is 31.0. The highest BCUT2D eigenvalue weighted by Crippen LogP contribution is 2.49.